The summed E-state index contributed by atoms with van der Waals surface area (Å²) in [4.78, 5) is 0. The van der Waals surface area contributed by atoms with Gasteiger partial charge in [0.2, 0.25) is 0 Å². The van der Waals surface area contributed by atoms with Crippen molar-refractivity contribution in [3.8, 4) is 29.0 Å². The third kappa shape index (κ3) is 3.71. The van der Waals surface area contributed by atoms with Crippen LogP contribution in [-0.2, 0) is 7.05 Å². The van der Waals surface area contributed by atoms with Crippen molar-refractivity contribution in [3.05, 3.63) is 58.3 Å². The maximum Gasteiger partial charge on any atom is 0.174 e. The fourth-order valence-electron chi connectivity index (χ4n) is 2.69. The molecule has 3 rings (SSSR count). The minimum Gasteiger partial charge on any atom is -0.493 e. The van der Waals surface area contributed by atoms with Crippen molar-refractivity contribution < 1.29 is 9.47 Å². The Bertz CT molecular complexity index is 1040. The maximum absolute atomic E-state index is 9.69. The molecule has 0 unspecified atom stereocenters. The van der Waals surface area contributed by atoms with E-state index in [0.29, 0.717) is 28.7 Å². The van der Waals surface area contributed by atoms with Gasteiger partial charge in [0, 0.05) is 17.1 Å². The van der Waals surface area contributed by atoms with E-state index in [1.165, 1.54) is 0 Å². The van der Waals surface area contributed by atoms with Crippen molar-refractivity contribution in [1.82, 2.24) is 14.8 Å². The van der Waals surface area contributed by atoms with Crippen molar-refractivity contribution in [2.45, 2.75) is 0 Å². The number of benzene rings is 2. The lowest BCUT2D eigenvalue weighted by molar-refractivity contribution is 0.354. The number of aromatic nitrogens is 3. The molecule has 0 radical (unpaired) electrons. The molecule has 0 aliphatic carbocycles. The molecule has 3 aromatic rings. The third-order valence-corrected chi connectivity index (χ3v) is 4.76. The molecule has 1 heterocycles. The number of ether oxygens (including phenoxy) is 2. The van der Waals surface area contributed by atoms with Gasteiger partial charge in [-0.3, -0.25) is 0 Å². The van der Waals surface area contributed by atoms with E-state index < -0.39 is 0 Å². The van der Waals surface area contributed by atoms with Crippen LogP contribution in [0.3, 0.4) is 0 Å². The second-order valence-electron chi connectivity index (χ2n) is 5.67. The van der Waals surface area contributed by atoms with Gasteiger partial charge in [-0.05, 0) is 23.8 Å². The van der Waals surface area contributed by atoms with Crippen LogP contribution in [0.15, 0.2) is 46.9 Å². The first kappa shape index (κ1) is 18.7. The molecule has 0 aliphatic rings. The van der Waals surface area contributed by atoms with Gasteiger partial charge in [-0.25, -0.2) is 0 Å². The average molecular weight is 425 g/mol. The Kier molecular flexibility index (Phi) is 5.57. The molecule has 0 bridgehead atoms. The fraction of sp³-hybridized carbons (Fsp3) is 0.150. The van der Waals surface area contributed by atoms with Crippen LogP contribution in [0.25, 0.3) is 23.0 Å². The molecule has 0 amide bonds. The fourth-order valence-corrected chi connectivity index (χ4v) is 3.12. The van der Waals surface area contributed by atoms with E-state index >= 15 is 0 Å². The molecular formula is C20H17BrN4O2. The van der Waals surface area contributed by atoms with Crippen molar-refractivity contribution in [2.24, 2.45) is 7.05 Å². The van der Waals surface area contributed by atoms with Gasteiger partial charge in [0.25, 0.3) is 0 Å². The standard InChI is InChI=1S/C20H17BrN4O2/c1-25-19(13-7-5-4-6-8-13)23-24-20(25)15(12-22)9-14-10-17(26-2)18(27-3)11-16(14)21/h4-11H,1-3H3. The second kappa shape index (κ2) is 8.06. The minimum absolute atomic E-state index is 0.389. The lowest BCUT2D eigenvalue weighted by atomic mass is 10.1. The molecule has 0 spiro atoms. The lowest BCUT2D eigenvalue weighted by Crippen LogP contribution is -1.99. The number of halogens is 1. The normalized spacial score (nSPS) is 11.1. The van der Waals surface area contributed by atoms with Crippen LogP contribution in [0.1, 0.15) is 11.4 Å². The van der Waals surface area contributed by atoms with Gasteiger partial charge < -0.3 is 14.0 Å². The molecule has 6 nitrogen and oxygen atoms in total. The molecule has 7 heteroatoms. The Labute approximate surface area is 165 Å². The van der Waals surface area contributed by atoms with Crippen LogP contribution in [0.4, 0.5) is 0 Å². The zero-order chi connectivity index (χ0) is 19.4. The summed E-state index contributed by atoms with van der Waals surface area (Å²) in [6, 6.07) is 15.5. The smallest absolute Gasteiger partial charge is 0.174 e. The van der Waals surface area contributed by atoms with Gasteiger partial charge in [-0.1, -0.05) is 46.3 Å². The van der Waals surface area contributed by atoms with Crippen molar-refractivity contribution in [1.29, 1.82) is 5.26 Å². The van der Waals surface area contributed by atoms with Crippen molar-refractivity contribution in [2.75, 3.05) is 14.2 Å². The third-order valence-electron chi connectivity index (χ3n) is 4.07. The molecule has 0 aliphatic heterocycles. The van der Waals surface area contributed by atoms with E-state index in [-0.39, 0.29) is 0 Å². The summed E-state index contributed by atoms with van der Waals surface area (Å²) < 4.78 is 13.2. The van der Waals surface area contributed by atoms with Gasteiger partial charge in [0.05, 0.1) is 19.8 Å². The maximum atomic E-state index is 9.69. The Morgan fingerprint density at radius 3 is 2.41 bits per heavy atom. The van der Waals surface area contributed by atoms with E-state index in [9.17, 15) is 5.26 Å². The summed E-state index contributed by atoms with van der Waals surface area (Å²) in [5.74, 6) is 2.35. The highest BCUT2D eigenvalue weighted by atomic mass is 79.9. The molecule has 27 heavy (non-hydrogen) atoms. The summed E-state index contributed by atoms with van der Waals surface area (Å²) in [6.07, 6.45) is 1.74. The number of hydrogen-bond acceptors (Lipinski definition) is 5. The molecule has 2 aromatic carbocycles. The van der Waals surface area contributed by atoms with E-state index in [1.54, 1.807) is 37.0 Å². The first-order valence-electron chi connectivity index (χ1n) is 8.07. The summed E-state index contributed by atoms with van der Waals surface area (Å²) in [7, 11) is 4.98. The van der Waals surface area contributed by atoms with Gasteiger partial charge in [-0.15, -0.1) is 10.2 Å². The Hall–Kier alpha value is -3.11. The van der Waals surface area contributed by atoms with Gasteiger partial charge in [0.15, 0.2) is 23.1 Å². The summed E-state index contributed by atoms with van der Waals surface area (Å²) >= 11 is 3.51. The monoisotopic (exact) mass is 424 g/mol. The van der Waals surface area contributed by atoms with Crippen LogP contribution in [0.2, 0.25) is 0 Å². The SMILES string of the molecule is COc1cc(Br)c(C=C(C#N)c2nnc(-c3ccccc3)n2C)cc1OC. The molecule has 0 atom stereocenters. The zero-order valence-electron chi connectivity index (χ0n) is 15.1. The lowest BCUT2D eigenvalue weighted by Gasteiger charge is -2.10. The average Bonchev–Trinajstić information content (AvgIpc) is 3.08. The first-order valence-corrected chi connectivity index (χ1v) is 8.86. The van der Waals surface area contributed by atoms with E-state index in [2.05, 4.69) is 32.2 Å². The van der Waals surface area contributed by atoms with E-state index in [1.807, 2.05) is 37.4 Å². The highest BCUT2D eigenvalue weighted by Gasteiger charge is 2.16. The molecule has 1 aromatic heterocycles. The van der Waals surface area contributed by atoms with E-state index in [4.69, 9.17) is 9.47 Å². The topological polar surface area (TPSA) is 73.0 Å². The predicted molar refractivity (Wildman–Crippen MR) is 107 cm³/mol. The number of methoxy groups -OCH3 is 2. The van der Waals surface area contributed by atoms with Gasteiger partial charge in [0.1, 0.15) is 6.07 Å². The minimum atomic E-state index is 0.389. The van der Waals surface area contributed by atoms with Crippen LogP contribution in [-0.4, -0.2) is 29.0 Å². The van der Waals surface area contributed by atoms with E-state index in [0.717, 1.165) is 15.6 Å². The molecule has 0 saturated heterocycles. The number of hydrogen-bond donors (Lipinski definition) is 0. The van der Waals surface area contributed by atoms with Crippen LogP contribution >= 0.6 is 15.9 Å². The first-order chi connectivity index (χ1) is 13.1. The summed E-state index contributed by atoms with van der Waals surface area (Å²) in [6.45, 7) is 0. The number of rotatable bonds is 5. The largest absolute Gasteiger partial charge is 0.493 e. The van der Waals surface area contributed by atoms with Crippen LogP contribution in [0, 0.1) is 11.3 Å². The van der Waals surface area contributed by atoms with Crippen molar-refractivity contribution >= 4 is 27.6 Å². The van der Waals surface area contributed by atoms with Gasteiger partial charge >= 0.3 is 0 Å². The highest BCUT2D eigenvalue weighted by Crippen LogP contribution is 2.35. The van der Waals surface area contributed by atoms with Crippen LogP contribution < -0.4 is 9.47 Å². The molecular weight excluding hydrogens is 408 g/mol. The van der Waals surface area contributed by atoms with Gasteiger partial charge in [-0.2, -0.15) is 5.26 Å². The Morgan fingerprint density at radius 1 is 1.11 bits per heavy atom. The second-order valence-corrected chi connectivity index (χ2v) is 6.53. The summed E-state index contributed by atoms with van der Waals surface area (Å²) in [5, 5.41) is 18.2. The van der Waals surface area contributed by atoms with Crippen molar-refractivity contribution in [3.63, 3.8) is 0 Å². The highest BCUT2D eigenvalue weighted by molar-refractivity contribution is 9.10. The Morgan fingerprint density at radius 2 is 1.78 bits per heavy atom. The number of nitrogens with zero attached hydrogens (tertiary/aromatic N) is 4. The molecule has 0 fully saturated rings. The molecule has 136 valence electrons. The quantitative estimate of drug-likeness (QED) is 0.569. The summed E-state index contributed by atoms with van der Waals surface area (Å²) in [5.41, 5.74) is 2.09. The van der Waals surface area contributed by atoms with Crippen LogP contribution in [0.5, 0.6) is 11.5 Å². The zero-order valence-corrected chi connectivity index (χ0v) is 16.7. The number of nitriles is 1. The Balaban J connectivity index is 2.07. The molecule has 0 saturated carbocycles. The predicted octanol–water partition coefficient (Wildman–Crippen LogP) is 4.33. The molecule has 0 N–H and O–H groups in total. The number of allylic oxidation sites excluding steroid dienone is 1.